The molecule has 1 aromatic rings. The van der Waals surface area contributed by atoms with Crippen LogP contribution in [0.25, 0.3) is 6.08 Å². The fourth-order valence-corrected chi connectivity index (χ4v) is 1.40. The van der Waals surface area contributed by atoms with Crippen LogP contribution < -0.4 is 5.32 Å². The summed E-state index contributed by atoms with van der Waals surface area (Å²) in [6.07, 6.45) is 3.35. The van der Waals surface area contributed by atoms with Crippen molar-refractivity contribution < 1.29 is 19.6 Å². The van der Waals surface area contributed by atoms with Gasteiger partial charge < -0.3 is 10.1 Å². The molecule has 20 heavy (non-hydrogen) atoms. The van der Waals surface area contributed by atoms with Crippen LogP contribution in [0.3, 0.4) is 0 Å². The van der Waals surface area contributed by atoms with Crippen LogP contribution in [0, 0.1) is 0 Å². The summed E-state index contributed by atoms with van der Waals surface area (Å²) in [5.41, 5.74) is 1.20. The van der Waals surface area contributed by atoms with Gasteiger partial charge in [0, 0.05) is 18.2 Å². The van der Waals surface area contributed by atoms with E-state index in [1.54, 1.807) is 31.2 Å². The number of benzene rings is 1. The monoisotopic (exact) mass is 276 g/mol. The van der Waals surface area contributed by atoms with Gasteiger partial charge in [0.15, 0.2) is 0 Å². The van der Waals surface area contributed by atoms with Gasteiger partial charge in [0.25, 0.3) is 5.91 Å². The van der Waals surface area contributed by atoms with Crippen molar-refractivity contribution in [2.75, 3.05) is 11.9 Å². The van der Waals surface area contributed by atoms with Crippen LogP contribution in [0.5, 0.6) is 0 Å². The number of amides is 2. The van der Waals surface area contributed by atoms with Crippen molar-refractivity contribution in [1.82, 2.24) is 5.06 Å². The number of aldehydes is 1. The SMILES string of the molecule is CCC(=O)Nc1ccccc1/C=C/C(=O)N(O)CC=O. The maximum atomic E-state index is 11.4. The summed E-state index contributed by atoms with van der Waals surface area (Å²) in [6, 6.07) is 6.94. The molecule has 0 fully saturated rings. The molecule has 2 amide bonds. The molecular weight excluding hydrogens is 260 g/mol. The Bertz CT molecular complexity index is 526. The van der Waals surface area contributed by atoms with Gasteiger partial charge in [0.2, 0.25) is 5.91 Å². The molecule has 0 saturated heterocycles. The zero-order valence-electron chi connectivity index (χ0n) is 11.1. The average Bonchev–Trinajstić information content (AvgIpc) is 2.46. The van der Waals surface area contributed by atoms with Gasteiger partial charge in [-0.2, -0.15) is 0 Å². The Hall–Kier alpha value is -2.47. The van der Waals surface area contributed by atoms with Crippen molar-refractivity contribution in [3.63, 3.8) is 0 Å². The molecule has 0 heterocycles. The van der Waals surface area contributed by atoms with E-state index in [1.807, 2.05) is 0 Å². The molecule has 0 spiro atoms. The second-order valence-electron chi connectivity index (χ2n) is 3.91. The molecule has 1 aromatic carbocycles. The number of para-hydroxylation sites is 1. The highest BCUT2D eigenvalue weighted by molar-refractivity contribution is 5.96. The number of nitrogens with zero attached hydrogens (tertiary/aromatic N) is 1. The van der Waals surface area contributed by atoms with Crippen LogP contribution in [0.4, 0.5) is 5.69 Å². The lowest BCUT2D eigenvalue weighted by Gasteiger charge is -2.09. The van der Waals surface area contributed by atoms with Gasteiger partial charge >= 0.3 is 0 Å². The van der Waals surface area contributed by atoms with Crippen molar-refractivity contribution in [2.24, 2.45) is 0 Å². The van der Waals surface area contributed by atoms with E-state index in [-0.39, 0.29) is 5.91 Å². The smallest absolute Gasteiger partial charge is 0.270 e. The molecule has 0 aliphatic heterocycles. The van der Waals surface area contributed by atoms with E-state index < -0.39 is 12.5 Å². The number of anilines is 1. The predicted octanol–water partition coefficient (Wildman–Crippen LogP) is 1.46. The second-order valence-corrected chi connectivity index (χ2v) is 3.91. The van der Waals surface area contributed by atoms with Crippen molar-refractivity contribution >= 4 is 29.9 Å². The quantitative estimate of drug-likeness (QED) is 0.356. The summed E-state index contributed by atoms with van der Waals surface area (Å²) in [7, 11) is 0. The number of hydroxylamine groups is 2. The molecule has 0 saturated carbocycles. The lowest BCUT2D eigenvalue weighted by molar-refractivity contribution is -0.160. The summed E-state index contributed by atoms with van der Waals surface area (Å²) in [5, 5.41) is 12.2. The van der Waals surface area contributed by atoms with Crippen molar-refractivity contribution in [1.29, 1.82) is 0 Å². The van der Waals surface area contributed by atoms with Crippen LogP contribution in [-0.2, 0) is 14.4 Å². The Morgan fingerprint density at radius 3 is 2.70 bits per heavy atom. The minimum absolute atomic E-state index is 0.137. The van der Waals surface area contributed by atoms with E-state index in [0.29, 0.717) is 29.0 Å². The molecule has 0 unspecified atom stereocenters. The largest absolute Gasteiger partial charge is 0.326 e. The Labute approximate surface area is 116 Å². The molecule has 0 atom stereocenters. The summed E-state index contributed by atoms with van der Waals surface area (Å²) in [4.78, 5) is 33.0. The molecule has 0 aromatic heterocycles. The van der Waals surface area contributed by atoms with Crippen molar-refractivity contribution in [3.05, 3.63) is 35.9 Å². The van der Waals surface area contributed by atoms with E-state index in [9.17, 15) is 19.6 Å². The molecule has 6 heteroatoms. The maximum Gasteiger partial charge on any atom is 0.270 e. The van der Waals surface area contributed by atoms with Crippen molar-refractivity contribution in [2.45, 2.75) is 13.3 Å². The van der Waals surface area contributed by atoms with Crippen molar-refractivity contribution in [3.8, 4) is 0 Å². The van der Waals surface area contributed by atoms with E-state index in [4.69, 9.17) is 0 Å². The molecule has 0 aliphatic rings. The van der Waals surface area contributed by atoms with E-state index >= 15 is 0 Å². The van der Waals surface area contributed by atoms with Crippen LogP contribution in [-0.4, -0.2) is 34.9 Å². The standard InChI is InChI=1S/C14H16N2O4/c1-2-13(18)15-12-6-4-3-5-11(12)7-8-14(19)16(20)9-10-17/h3-8,10,20H,2,9H2,1H3,(H,15,18)/b8-7+. The van der Waals surface area contributed by atoms with Gasteiger partial charge in [-0.1, -0.05) is 25.1 Å². The minimum atomic E-state index is -0.714. The molecule has 106 valence electrons. The van der Waals surface area contributed by atoms with Gasteiger partial charge in [-0.15, -0.1) is 0 Å². The number of nitrogens with one attached hydrogen (secondary N) is 1. The fraction of sp³-hybridized carbons (Fsp3) is 0.214. The lowest BCUT2D eigenvalue weighted by atomic mass is 10.1. The first-order valence-corrected chi connectivity index (χ1v) is 6.09. The highest BCUT2D eigenvalue weighted by Gasteiger charge is 2.07. The lowest BCUT2D eigenvalue weighted by Crippen LogP contribution is -2.27. The second kappa shape index (κ2) is 7.85. The normalized spacial score (nSPS) is 10.3. The molecule has 1 rings (SSSR count). The third-order valence-corrected chi connectivity index (χ3v) is 2.46. The van der Waals surface area contributed by atoms with Gasteiger partial charge in [0.1, 0.15) is 12.8 Å². The first kappa shape index (κ1) is 15.6. The molecular formula is C14H16N2O4. The summed E-state index contributed by atoms with van der Waals surface area (Å²) in [6.45, 7) is 1.35. The van der Waals surface area contributed by atoms with Gasteiger partial charge in [-0.3, -0.25) is 14.8 Å². The van der Waals surface area contributed by atoms with Crippen LogP contribution in [0.2, 0.25) is 0 Å². The number of rotatable bonds is 6. The highest BCUT2D eigenvalue weighted by atomic mass is 16.5. The third-order valence-electron chi connectivity index (χ3n) is 2.46. The Morgan fingerprint density at radius 1 is 1.35 bits per heavy atom. The topological polar surface area (TPSA) is 86.7 Å². The number of carbonyl (C=O) groups is 3. The minimum Gasteiger partial charge on any atom is -0.326 e. The van der Waals surface area contributed by atoms with E-state index in [1.165, 1.54) is 6.08 Å². The Kier molecular flexibility index (Phi) is 6.12. The summed E-state index contributed by atoms with van der Waals surface area (Å²) < 4.78 is 0. The average molecular weight is 276 g/mol. The summed E-state index contributed by atoms with van der Waals surface area (Å²) in [5.74, 6) is -0.851. The van der Waals surface area contributed by atoms with Gasteiger partial charge in [-0.05, 0) is 17.7 Å². The van der Waals surface area contributed by atoms with E-state index in [2.05, 4.69) is 5.32 Å². The number of hydrogen-bond acceptors (Lipinski definition) is 4. The van der Waals surface area contributed by atoms with Gasteiger partial charge in [-0.25, -0.2) is 5.06 Å². The van der Waals surface area contributed by atoms with Gasteiger partial charge in [0.05, 0.1) is 0 Å². The molecule has 2 N–H and O–H groups in total. The predicted molar refractivity (Wildman–Crippen MR) is 74.0 cm³/mol. The maximum absolute atomic E-state index is 11.4. The third kappa shape index (κ3) is 4.66. The molecule has 6 nitrogen and oxygen atoms in total. The zero-order chi connectivity index (χ0) is 15.0. The number of hydrogen-bond donors (Lipinski definition) is 2. The molecule has 0 bridgehead atoms. The molecule has 0 radical (unpaired) electrons. The first-order valence-electron chi connectivity index (χ1n) is 6.09. The number of carbonyl (C=O) groups excluding carboxylic acids is 3. The Morgan fingerprint density at radius 2 is 2.05 bits per heavy atom. The fourth-order valence-electron chi connectivity index (χ4n) is 1.40. The molecule has 0 aliphatic carbocycles. The van der Waals surface area contributed by atoms with Crippen LogP contribution >= 0.6 is 0 Å². The first-order chi connectivity index (χ1) is 9.58. The summed E-state index contributed by atoms with van der Waals surface area (Å²) >= 11 is 0. The van der Waals surface area contributed by atoms with Crippen LogP contribution in [0.1, 0.15) is 18.9 Å². The van der Waals surface area contributed by atoms with Crippen LogP contribution in [0.15, 0.2) is 30.3 Å². The van der Waals surface area contributed by atoms with E-state index in [0.717, 1.165) is 6.08 Å². The highest BCUT2D eigenvalue weighted by Crippen LogP contribution is 2.17. The Balaban J connectivity index is 2.84. The zero-order valence-corrected chi connectivity index (χ0v) is 11.1.